The van der Waals surface area contributed by atoms with Crippen molar-refractivity contribution < 1.29 is 22.8 Å². The van der Waals surface area contributed by atoms with Crippen molar-refractivity contribution in [2.24, 2.45) is 0 Å². The van der Waals surface area contributed by atoms with Crippen LogP contribution in [0.3, 0.4) is 0 Å². The van der Waals surface area contributed by atoms with Gasteiger partial charge in [0.2, 0.25) is 5.91 Å². The van der Waals surface area contributed by atoms with Crippen molar-refractivity contribution in [2.75, 3.05) is 16.8 Å². The third-order valence-electron chi connectivity index (χ3n) is 3.92. The molecule has 1 aliphatic rings. The van der Waals surface area contributed by atoms with Crippen LogP contribution in [0, 0.1) is 0 Å². The summed E-state index contributed by atoms with van der Waals surface area (Å²) in [5.41, 5.74) is 0.0543. The highest BCUT2D eigenvalue weighted by atomic mass is 19.4. The molecule has 0 unspecified atom stereocenters. The van der Waals surface area contributed by atoms with Gasteiger partial charge in [-0.25, -0.2) is 0 Å². The highest BCUT2D eigenvalue weighted by Gasteiger charge is 2.35. The molecule has 0 aliphatic carbocycles. The van der Waals surface area contributed by atoms with Gasteiger partial charge in [0, 0.05) is 19.2 Å². The average molecular weight is 352 g/mol. The highest BCUT2D eigenvalue weighted by Crippen LogP contribution is 2.33. The molecule has 0 fully saturated rings. The molecule has 0 spiro atoms. The predicted octanol–water partition coefficient (Wildman–Crippen LogP) is 3.08. The summed E-state index contributed by atoms with van der Waals surface area (Å²) < 4.78 is 39.6. The number of amides is 2. The molecule has 9 heteroatoms. The monoisotopic (exact) mass is 352 g/mol. The van der Waals surface area contributed by atoms with Crippen LogP contribution in [-0.2, 0) is 11.0 Å². The predicted molar refractivity (Wildman–Crippen MR) is 84.4 cm³/mol. The number of carbonyl (C=O) groups excluding carboxylic acids is 2. The number of alkyl halides is 3. The number of hydrogen-bond acceptors (Lipinski definition) is 3. The van der Waals surface area contributed by atoms with Crippen molar-refractivity contribution in [1.82, 2.24) is 9.78 Å². The van der Waals surface area contributed by atoms with E-state index in [2.05, 4.69) is 10.4 Å². The van der Waals surface area contributed by atoms with E-state index < -0.39 is 17.6 Å². The summed E-state index contributed by atoms with van der Waals surface area (Å²) in [4.78, 5) is 25.5. The van der Waals surface area contributed by atoms with Gasteiger partial charge >= 0.3 is 6.18 Å². The summed E-state index contributed by atoms with van der Waals surface area (Å²) in [7, 11) is 0. The number of nitrogens with one attached hydrogen (secondary N) is 1. The SMILES string of the molecule is CC(=O)Nc1cnn2c1C(=O)N(c1ccc(C(F)(F)F)cc1)C[C@@H]2C. The number of nitrogens with zero attached hydrogens (tertiary/aromatic N) is 3. The van der Waals surface area contributed by atoms with Crippen molar-refractivity contribution >= 4 is 23.2 Å². The fourth-order valence-corrected chi connectivity index (χ4v) is 2.80. The third-order valence-corrected chi connectivity index (χ3v) is 3.92. The van der Waals surface area contributed by atoms with Gasteiger partial charge in [-0.15, -0.1) is 0 Å². The molecule has 1 aliphatic heterocycles. The van der Waals surface area contributed by atoms with Gasteiger partial charge in [0.1, 0.15) is 0 Å². The lowest BCUT2D eigenvalue weighted by molar-refractivity contribution is -0.137. The lowest BCUT2D eigenvalue weighted by Gasteiger charge is -2.32. The van der Waals surface area contributed by atoms with Crippen molar-refractivity contribution in [1.29, 1.82) is 0 Å². The van der Waals surface area contributed by atoms with E-state index in [1.807, 2.05) is 6.92 Å². The van der Waals surface area contributed by atoms with Crippen LogP contribution in [0.5, 0.6) is 0 Å². The van der Waals surface area contributed by atoms with E-state index in [9.17, 15) is 22.8 Å². The number of carbonyl (C=O) groups is 2. The minimum Gasteiger partial charge on any atom is -0.323 e. The van der Waals surface area contributed by atoms with E-state index in [4.69, 9.17) is 0 Å². The quantitative estimate of drug-likeness (QED) is 0.903. The molecule has 0 saturated heterocycles. The molecule has 2 aromatic rings. The Hall–Kier alpha value is -2.84. The summed E-state index contributed by atoms with van der Waals surface area (Å²) in [5.74, 6) is -0.776. The molecule has 1 N–H and O–H groups in total. The smallest absolute Gasteiger partial charge is 0.323 e. The van der Waals surface area contributed by atoms with Crippen LogP contribution in [-0.4, -0.2) is 28.1 Å². The maximum absolute atomic E-state index is 12.8. The first-order chi connectivity index (χ1) is 11.7. The topological polar surface area (TPSA) is 67.2 Å². The Morgan fingerprint density at radius 1 is 1.28 bits per heavy atom. The number of anilines is 2. The second-order valence-electron chi connectivity index (χ2n) is 5.84. The average Bonchev–Trinajstić information content (AvgIpc) is 2.94. The van der Waals surface area contributed by atoms with Crippen molar-refractivity contribution in [3.63, 3.8) is 0 Å². The fraction of sp³-hybridized carbons (Fsp3) is 0.312. The Labute approximate surface area is 141 Å². The Morgan fingerprint density at radius 2 is 1.92 bits per heavy atom. The molecule has 0 saturated carbocycles. The van der Waals surface area contributed by atoms with Gasteiger partial charge in [-0.1, -0.05) is 0 Å². The molecule has 0 bridgehead atoms. The Balaban J connectivity index is 1.96. The van der Waals surface area contributed by atoms with Gasteiger partial charge in [0.15, 0.2) is 5.69 Å². The minimum absolute atomic E-state index is 0.197. The van der Waals surface area contributed by atoms with Gasteiger partial charge in [-0.05, 0) is 31.2 Å². The van der Waals surface area contributed by atoms with Gasteiger partial charge in [-0.3, -0.25) is 14.3 Å². The van der Waals surface area contributed by atoms with Crippen LogP contribution in [0.25, 0.3) is 0 Å². The molecule has 1 aromatic carbocycles. The Kier molecular flexibility index (Phi) is 4.02. The van der Waals surface area contributed by atoms with E-state index in [1.165, 1.54) is 34.8 Å². The van der Waals surface area contributed by atoms with E-state index in [1.54, 1.807) is 0 Å². The Bertz CT molecular complexity index is 827. The Morgan fingerprint density at radius 3 is 2.48 bits per heavy atom. The molecule has 25 heavy (non-hydrogen) atoms. The van der Waals surface area contributed by atoms with E-state index >= 15 is 0 Å². The largest absolute Gasteiger partial charge is 0.416 e. The highest BCUT2D eigenvalue weighted by molar-refractivity contribution is 6.10. The third kappa shape index (κ3) is 3.09. The number of halogens is 3. The second kappa shape index (κ2) is 5.91. The van der Waals surface area contributed by atoms with Crippen LogP contribution >= 0.6 is 0 Å². The summed E-state index contributed by atoms with van der Waals surface area (Å²) >= 11 is 0. The van der Waals surface area contributed by atoms with Gasteiger partial charge in [0.25, 0.3) is 5.91 Å². The molecule has 132 valence electrons. The minimum atomic E-state index is -4.44. The molecule has 0 radical (unpaired) electrons. The zero-order valence-corrected chi connectivity index (χ0v) is 13.5. The van der Waals surface area contributed by atoms with Crippen LogP contribution in [0.4, 0.5) is 24.5 Å². The number of rotatable bonds is 2. The first kappa shape index (κ1) is 17.0. The molecule has 6 nitrogen and oxygen atoms in total. The fourth-order valence-electron chi connectivity index (χ4n) is 2.80. The van der Waals surface area contributed by atoms with Crippen molar-refractivity contribution in [2.45, 2.75) is 26.1 Å². The lowest BCUT2D eigenvalue weighted by atomic mass is 10.1. The first-order valence-corrected chi connectivity index (χ1v) is 7.52. The summed E-state index contributed by atoms with van der Waals surface area (Å²) in [6.45, 7) is 3.41. The van der Waals surface area contributed by atoms with Crippen LogP contribution in [0.15, 0.2) is 30.5 Å². The summed E-state index contributed by atoms with van der Waals surface area (Å²) in [6, 6.07) is 4.20. The summed E-state index contributed by atoms with van der Waals surface area (Å²) in [6.07, 6.45) is -3.05. The maximum atomic E-state index is 12.8. The van der Waals surface area contributed by atoms with Crippen molar-refractivity contribution in [3.05, 3.63) is 41.7 Å². The van der Waals surface area contributed by atoms with Crippen LogP contribution < -0.4 is 10.2 Å². The number of benzene rings is 1. The molecule has 1 aromatic heterocycles. The van der Waals surface area contributed by atoms with Gasteiger partial charge < -0.3 is 10.2 Å². The zero-order chi connectivity index (χ0) is 18.4. The maximum Gasteiger partial charge on any atom is 0.416 e. The lowest BCUT2D eigenvalue weighted by Crippen LogP contribution is -2.43. The van der Waals surface area contributed by atoms with Crippen molar-refractivity contribution in [3.8, 4) is 0 Å². The number of aromatic nitrogens is 2. The van der Waals surface area contributed by atoms with Crippen LogP contribution in [0.1, 0.15) is 35.9 Å². The first-order valence-electron chi connectivity index (χ1n) is 7.52. The van der Waals surface area contributed by atoms with Gasteiger partial charge in [0.05, 0.1) is 23.5 Å². The van der Waals surface area contributed by atoms with E-state index in [-0.39, 0.29) is 29.9 Å². The number of fused-ring (bicyclic) bond motifs is 1. The van der Waals surface area contributed by atoms with E-state index in [0.717, 1.165) is 12.1 Å². The summed E-state index contributed by atoms with van der Waals surface area (Å²) in [5, 5.41) is 6.67. The standard InChI is InChI=1S/C16H15F3N4O2/c1-9-8-22(12-5-3-11(4-6-12)16(17,18)19)15(25)14-13(21-10(2)24)7-20-23(9)14/h3-7,9H,8H2,1-2H3,(H,21,24)/t9-/m0/s1. The number of hydrogen-bond donors (Lipinski definition) is 1. The zero-order valence-electron chi connectivity index (χ0n) is 13.5. The molecular weight excluding hydrogens is 337 g/mol. The van der Waals surface area contributed by atoms with E-state index in [0.29, 0.717) is 5.69 Å². The van der Waals surface area contributed by atoms with Crippen LogP contribution in [0.2, 0.25) is 0 Å². The van der Waals surface area contributed by atoms with Gasteiger partial charge in [-0.2, -0.15) is 18.3 Å². The molecular formula is C16H15F3N4O2. The molecule has 3 rings (SSSR count). The normalized spacial score (nSPS) is 17.4. The molecule has 2 heterocycles. The second-order valence-corrected chi connectivity index (χ2v) is 5.84. The molecule has 1 atom stereocenters. The molecule has 2 amide bonds.